The van der Waals surface area contributed by atoms with Gasteiger partial charge in [-0.05, 0) is 53.1 Å². The molecule has 0 atom stereocenters. The maximum absolute atomic E-state index is 11.8. The van der Waals surface area contributed by atoms with Crippen molar-refractivity contribution in [1.82, 2.24) is 24.1 Å². The van der Waals surface area contributed by atoms with Crippen molar-refractivity contribution in [2.24, 2.45) is 0 Å². The fourth-order valence-electron chi connectivity index (χ4n) is 6.52. The molecule has 1 N–H and O–H groups in total. The predicted octanol–water partition coefficient (Wildman–Crippen LogP) is 8.47. The number of aromatic carboxylic acids is 1. The molecule has 0 saturated carbocycles. The van der Waals surface area contributed by atoms with E-state index in [2.05, 4.69) is 106 Å². The molecule has 4 heterocycles. The van der Waals surface area contributed by atoms with Gasteiger partial charge in [-0.15, -0.1) is 0 Å². The Balaban J connectivity index is 1.43. The molecule has 8 rings (SSSR count). The van der Waals surface area contributed by atoms with Gasteiger partial charge in [0.15, 0.2) is 0 Å². The molecule has 4 aromatic heterocycles. The standard InChI is InChI=1S/C41H29N5O2/c47-40(48)30-21-19-29(20-22-30)39-35(31-23-24-38-43-26-37(45(38)27-31)36-18-10-11-25-42-36)28-46(44-39)41(32-12-4-1-5-13-32,33-14-6-2-7-15-33)34-16-8-3-9-17-34/h1-28H,(H,47,48). The highest BCUT2D eigenvalue weighted by molar-refractivity contribution is 5.89. The zero-order chi connectivity index (χ0) is 32.5. The molecule has 0 aliphatic rings. The molecule has 0 radical (unpaired) electrons. The summed E-state index contributed by atoms with van der Waals surface area (Å²) in [5, 5.41) is 15.0. The van der Waals surface area contributed by atoms with Crippen molar-refractivity contribution in [3.05, 3.63) is 193 Å². The number of hydrogen-bond acceptors (Lipinski definition) is 4. The normalized spacial score (nSPS) is 11.5. The highest BCUT2D eigenvalue weighted by Crippen LogP contribution is 2.43. The topological polar surface area (TPSA) is 85.3 Å². The second-order valence-electron chi connectivity index (χ2n) is 11.5. The number of carboxylic acid groups (broad SMARTS) is 1. The smallest absolute Gasteiger partial charge is 0.335 e. The average Bonchev–Trinajstić information content (AvgIpc) is 3.79. The molecule has 7 heteroatoms. The lowest BCUT2D eigenvalue weighted by molar-refractivity contribution is 0.0697. The van der Waals surface area contributed by atoms with E-state index in [9.17, 15) is 9.90 Å². The Bertz CT molecular complexity index is 2250. The number of imidazole rings is 1. The van der Waals surface area contributed by atoms with Crippen molar-refractivity contribution in [1.29, 1.82) is 0 Å². The van der Waals surface area contributed by atoms with E-state index in [0.717, 1.165) is 56.1 Å². The van der Waals surface area contributed by atoms with E-state index in [4.69, 9.17) is 5.10 Å². The van der Waals surface area contributed by atoms with E-state index >= 15 is 0 Å². The number of carbonyl (C=O) groups is 1. The molecule has 0 saturated heterocycles. The van der Waals surface area contributed by atoms with E-state index in [1.54, 1.807) is 18.3 Å². The molecule has 48 heavy (non-hydrogen) atoms. The Kier molecular flexibility index (Phi) is 7.19. The predicted molar refractivity (Wildman–Crippen MR) is 187 cm³/mol. The van der Waals surface area contributed by atoms with Gasteiger partial charge >= 0.3 is 5.97 Å². The Morgan fingerprint density at radius 2 is 1.19 bits per heavy atom. The molecule has 0 bridgehead atoms. The summed E-state index contributed by atoms with van der Waals surface area (Å²) in [6.45, 7) is 0. The molecule has 0 unspecified atom stereocenters. The largest absolute Gasteiger partial charge is 0.478 e. The van der Waals surface area contributed by atoms with Crippen LogP contribution in [-0.4, -0.2) is 35.2 Å². The van der Waals surface area contributed by atoms with Crippen molar-refractivity contribution in [2.75, 3.05) is 0 Å². The Hall–Kier alpha value is -6.60. The molecular formula is C41H29N5O2. The molecule has 7 nitrogen and oxygen atoms in total. The van der Waals surface area contributed by atoms with Crippen LogP contribution in [0.3, 0.4) is 0 Å². The molecule has 4 aromatic carbocycles. The molecule has 0 spiro atoms. The summed E-state index contributed by atoms with van der Waals surface area (Å²) in [6.07, 6.45) is 7.78. The minimum absolute atomic E-state index is 0.215. The van der Waals surface area contributed by atoms with Crippen LogP contribution in [0, 0.1) is 0 Å². The fraction of sp³-hybridized carbons (Fsp3) is 0.0244. The zero-order valence-electron chi connectivity index (χ0n) is 25.8. The summed E-state index contributed by atoms with van der Waals surface area (Å²) < 4.78 is 4.10. The third-order valence-electron chi connectivity index (χ3n) is 8.78. The number of fused-ring (bicyclic) bond motifs is 1. The average molecular weight is 624 g/mol. The van der Waals surface area contributed by atoms with Crippen molar-refractivity contribution >= 4 is 11.6 Å². The second-order valence-corrected chi connectivity index (χ2v) is 11.5. The molecule has 8 aromatic rings. The number of carboxylic acids is 1. The van der Waals surface area contributed by atoms with Gasteiger partial charge in [-0.25, -0.2) is 9.78 Å². The Morgan fingerprint density at radius 1 is 0.604 bits per heavy atom. The fourth-order valence-corrected chi connectivity index (χ4v) is 6.52. The number of aromatic nitrogens is 5. The van der Waals surface area contributed by atoms with Crippen LogP contribution >= 0.6 is 0 Å². The SMILES string of the molecule is O=C(O)c1ccc(-c2nn(C(c3ccccc3)(c3ccccc3)c3ccccc3)cc2-c2ccc3ncc(-c4ccccn4)n3c2)cc1. The lowest BCUT2D eigenvalue weighted by Gasteiger charge is -2.36. The number of nitrogens with zero attached hydrogens (tertiary/aromatic N) is 5. The number of benzene rings is 4. The van der Waals surface area contributed by atoms with Crippen LogP contribution in [0.25, 0.3) is 39.4 Å². The number of pyridine rings is 2. The van der Waals surface area contributed by atoms with Gasteiger partial charge in [-0.1, -0.05) is 109 Å². The molecule has 0 fully saturated rings. The first-order valence-electron chi connectivity index (χ1n) is 15.6. The maximum Gasteiger partial charge on any atom is 0.335 e. The van der Waals surface area contributed by atoms with Gasteiger partial charge in [0.05, 0.1) is 23.1 Å². The van der Waals surface area contributed by atoms with Crippen LogP contribution in [0.1, 0.15) is 27.0 Å². The van der Waals surface area contributed by atoms with Crippen molar-refractivity contribution < 1.29 is 9.90 Å². The first-order valence-corrected chi connectivity index (χ1v) is 15.6. The third-order valence-corrected chi connectivity index (χ3v) is 8.78. The zero-order valence-corrected chi connectivity index (χ0v) is 25.8. The van der Waals surface area contributed by atoms with Gasteiger partial charge in [0, 0.05) is 35.3 Å². The highest BCUT2D eigenvalue weighted by atomic mass is 16.4. The van der Waals surface area contributed by atoms with Crippen LogP contribution in [0.5, 0.6) is 0 Å². The van der Waals surface area contributed by atoms with Crippen LogP contribution < -0.4 is 0 Å². The minimum atomic E-state index is -0.976. The van der Waals surface area contributed by atoms with Gasteiger partial charge in [0.2, 0.25) is 0 Å². The highest BCUT2D eigenvalue weighted by Gasteiger charge is 2.40. The van der Waals surface area contributed by atoms with Gasteiger partial charge in [-0.3, -0.25) is 14.1 Å². The second kappa shape index (κ2) is 12.0. The van der Waals surface area contributed by atoms with Gasteiger partial charge < -0.3 is 5.11 Å². The Morgan fingerprint density at radius 3 is 1.75 bits per heavy atom. The van der Waals surface area contributed by atoms with Crippen LogP contribution in [0.2, 0.25) is 0 Å². The first kappa shape index (κ1) is 28.8. The molecule has 0 aliphatic carbocycles. The molecule has 0 aliphatic heterocycles. The van der Waals surface area contributed by atoms with Crippen LogP contribution in [0.4, 0.5) is 0 Å². The molecule has 0 amide bonds. The van der Waals surface area contributed by atoms with Crippen molar-refractivity contribution in [3.63, 3.8) is 0 Å². The first-order chi connectivity index (χ1) is 23.6. The van der Waals surface area contributed by atoms with Gasteiger partial charge in [-0.2, -0.15) is 5.10 Å². The summed E-state index contributed by atoms with van der Waals surface area (Å²) in [6, 6.07) is 48.0. The summed E-state index contributed by atoms with van der Waals surface area (Å²) in [4.78, 5) is 21.0. The monoisotopic (exact) mass is 623 g/mol. The van der Waals surface area contributed by atoms with Crippen molar-refractivity contribution in [2.45, 2.75) is 5.54 Å². The van der Waals surface area contributed by atoms with Crippen molar-refractivity contribution in [3.8, 4) is 33.8 Å². The van der Waals surface area contributed by atoms with Gasteiger partial charge in [0.25, 0.3) is 0 Å². The van der Waals surface area contributed by atoms with E-state index in [1.165, 1.54) is 0 Å². The summed E-state index contributed by atoms with van der Waals surface area (Å²) in [5.74, 6) is -0.976. The minimum Gasteiger partial charge on any atom is -0.478 e. The van der Waals surface area contributed by atoms with Crippen LogP contribution in [0.15, 0.2) is 170 Å². The molecular weight excluding hydrogens is 594 g/mol. The molecule has 230 valence electrons. The number of rotatable bonds is 8. The summed E-state index contributed by atoms with van der Waals surface area (Å²) in [5.41, 5.74) is 8.33. The number of hydrogen-bond donors (Lipinski definition) is 1. The lowest BCUT2D eigenvalue weighted by Crippen LogP contribution is -2.38. The van der Waals surface area contributed by atoms with E-state index in [0.29, 0.717) is 0 Å². The third kappa shape index (κ3) is 4.85. The van der Waals surface area contributed by atoms with Gasteiger partial charge in [0.1, 0.15) is 16.9 Å². The van der Waals surface area contributed by atoms with E-state index in [-0.39, 0.29) is 5.56 Å². The van der Waals surface area contributed by atoms with E-state index in [1.807, 2.05) is 65.2 Å². The summed E-state index contributed by atoms with van der Waals surface area (Å²) >= 11 is 0. The van der Waals surface area contributed by atoms with Crippen LogP contribution in [-0.2, 0) is 5.54 Å². The Labute approximate surface area is 277 Å². The van der Waals surface area contributed by atoms with E-state index < -0.39 is 11.5 Å². The summed E-state index contributed by atoms with van der Waals surface area (Å²) in [7, 11) is 0. The lowest BCUT2D eigenvalue weighted by atomic mass is 9.77. The maximum atomic E-state index is 11.8. The quantitative estimate of drug-likeness (QED) is 0.172.